The van der Waals surface area contributed by atoms with Crippen LogP contribution in [0.2, 0.25) is 0 Å². The summed E-state index contributed by atoms with van der Waals surface area (Å²) in [6.07, 6.45) is 4.17. The summed E-state index contributed by atoms with van der Waals surface area (Å²) in [7, 11) is 0. The SMILES string of the molecule is CCC(Nc1ncc(C#N)cc1N)c1nccs1. The van der Waals surface area contributed by atoms with E-state index in [9.17, 15) is 0 Å². The van der Waals surface area contributed by atoms with Crippen molar-refractivity contribution in [1.82, 2.24) is 9.97 Å². The number of nitrogens with two attached hydrogens (primary N) is 1. The molecule has 0 fully saturated rings. The first-order valence-electron chi connectivity index (χ1n) is 5.56. The van der Waals surface area contributed by atoms with E-state index in [0.29, 0.717) is 17.1 Å². The highest BCUT2D eigenvalue weighted by Crippen LogP contribution is 2.26. The molecular formula is C12H13N5S. The van der Waals surface area contributed by atoms with Gasteiger partial charge in [-0.3, -0.25) is 0 Å². The Morgan fingerprint density at radius 2 is 2.39 bits per heavy atom. The van der Waals surface area contributed by atoms with Gasteiger partial charge in [-0.25, -0.2) is 9.97 Å². The van der Waals surface area contributed by atoms with Crippen LogP contribution < -0.4 is 11.1 Å². The monoisotopic (exact) mass is 259 g/mol. The molecule has 0 aliphatic rings. The van der Waals surface area contributed by atoms with E-state index in [1.807, 2.05) is 11.4 Å². The normalized spacial score (nSPS) is 11.8. The number of rotatable bonds is 4. The highest BCUT2D eigenvalue weighted by molar-refractivity contribution is 7.09. The second-order valence-corrected chi connectivity index (χ2v) is 4.68. The molecule has 0 bridgehead atoms. The van der Waals surface area contributed by atoms with Gasteiger partial charge in [0.2, 0.25) is 0 Å². The Morgan fingerprint density at radius 1 is 1.56 bits per heavy atom. The van der Waals surface area contributed by atoms with Gasteiger partial charge in [0.1, 0.15) is 16.9 Å². The maximum absolute atomic E-state index is 8.76. The van der Waals surface area contributed by atoms with Gasteiger partial charge < -0.3 is 11.1 Å². The van der Waals surface area contributed by atoms with Crippen molar-refractivity contribution in [3.63, 3.8) is 0 Å². The molecule has 6 heteroatoms. The van der Waals surface area contributed by atoms with Crippen LogP contribution in [0.3, 0.4) is 0 Å². The summed E-state index contributed by atoms with van der Waals surface area (Å²) >= 11 is 1.59. The number of hydrogen-bond acceptors (Lipinski definition) is 6. The zero-order valence-corrected chi connectivity index (χ0v) is 10.7. The van der Waals surface area contributed by atoms with Crippen LogP contribution in [0.4, 0.5) is 11.5 Å². The lowest BCUT2D eigenvalue weighted by Crippen LogP contribution is -2.12. The maximum atomic E-state index is 8.76. The van der Waals surface area contributed by atoms with Gasteiger partial charge in [-0.15, -0.1) is 11.3 Å². The van der Waals surface area contributed by atoms with Gasteiger partial charge in [-0.2, -0.15) is 5.26 Å². The van der Waals surface area contributed by atoms with Crippen LogP contribution in [-0.2, 0) is 0 Å². The van der Waals surface area contributed by atoms with E-state index in [2.05, 4.69) is 22.2 Å². The average Bonchev–Trinajstić information content (AvgIpc) is 2.91. The summed E-state index contributed by atoms with van der Waals surface area (Å²) in [6, 6.07) is 3.71. The zero-order valence-electron chi connectivity index (χ0n) is 9.92. The fourth-order valence-corrected chi connectivity index (χ4v) is 2.35. The Labute approximate surface area is 109 Å². The molecule has 0 aliphatic carbocycles. The Kier molecular flexibility index (Phi) is 3.75. The molecular weight excluding hydrogens is 246 g/mol. The van der Waals surface area contributed by atoms with Crippen molar-refractivity contribution in [1.29, 1.82) is 5.26 Å². The zero-order chi connectivity index (χ0) is 13.0. The minimum atomic E-state index is 0.0905. The molecule has 1 unspecified atom stereocenters. The number of anilines is 2. The molecule has 0 aromatic carbocycles. The second-order valence-electron chi connectivity index (χ2n) is 3.75. The summed E-state index contributed by atoms with van der Waals surface area (Å²) in [4.78, 5) is 8.45. The molecule has 0 saturated heterocycles. The van der Waals surface area contributed by atoms with Crippen molar-refractivity contribution >= 4 is 22.8 Å². The molecule has 0 saturated carbocycles. The predicted octanol–water partition coefficient (Wildman–Crippen LogP) is 2.56. The molecule has 2 aromatic heterocycles. The summed E-state index contributed by atoms with van der Waals surface area (Å²) in [6.45, 7) is 2.07. The molecule has 5 nitrogen and oxygen atoms in total. The molecule has 2 heterocycles. The fourth-order valence-electron chi connectivity index (χ4n) is 1.57. The van der Waals surface area contributed by atoms with Gasteiger partial charge >= 0.3 is 0 Å². The van der Waals surface area contributed by atoms with Crippen LogP contribution >= 0.6 is 11.3 Å². The summed E-state index contributed by atoms with van der Waals surface area (Å²) in [5, 5.41) is 15.0. The first-order valence-corrected chi connectivity index (χ1v) is 6.44. The summed E-state index contributed by atoms with van der Waals surface area (Å²) in [5.74, 6) is 0.594. The number of hydrogen-bond donors (Lipinski definition) is 2. The fraction of sp³-hybridized carbons (Fsp3) is 0.250. The number of nitrogens with one attached hydrogen (secondary N) is 1. The first kappa shape index (κ1) is 12.3. The van der Waals surface area contributed by atoms with Crippen LogP contribution in [0.15, 0.2) is 23.8 Å². The van der Waals surface area contributed by atoms with E-state index in [1.54, 1.807) is 23.6 Å². The highest BCUT2D eigenvalue weighted by Gasteiger charge is 2.13. The molecule has 92 valence electrons. The number of nitriles is 1. The van der Waals surface area contributed by atoms with Crippen LogP contribution in [0.25, 0.3) is 0 Å². The molecule has 2 rings (SSSR count). The Morgan fingerprint density at radius 3 is 2.94 bits per heavy atom. The van der Waals surface area contributed by atoms with Gasteiger partial charge in [0.25, 0.3) is 0 Å². The van der Waals surface area contributed by atoms with E-state index in [4.69, 9.17) is 11.0 Å². The van der Waals surface area contributed by atoms with E-state index >= 15 is 0 Å². The Bertz CT molecular complexity index is 558. The van der Waals surface area contributed by atoms with Crippen molar-refractivity contribution in [3.05, 3.63) is 34.4 Å². The van der Waals surface area contributed by atoms with E-state index in [0.717, 1.165) is 11.4 Å². The smallest absolute Gasteiger partial charge is 0.149 e. The quantitative estimate of drug-likeness (QED) is 0.881. The molecule has 2 aromatic rings. The number of aromatic nitrogens is 2. The van der Waals surface area contributed by atoms with Crippen molar-refractivity contribution in [2.24, 2.45) is 0 Å². The van der Waals surface area contributed by atoms with Crippen LogP contribution in [0.5, 0.6) is 0 Å². The molecule has 0 spiro atoms. The standard InChI is InChI=1S/C12H13N5S/c1-2-10(12-15-3-4-18-12)17-11-9(14)5-8(6-13)7-16-11/h3-5,7,10H,2,14H2,1H3,(H,16,17). The topological polar surface area (TPSA) is 87.6 Å². The largest absolute Gasteiger partial charge is 0.396 e. The van der Waals surface area contributed by atoms with Gasteiger partial charge in [-0.1, -0.05) is 6.92 Å². The molecule has 1 atom stereocenters. The Balaban J connectivity index is 2.20. The van der Waals surface area contributed by atoms with E-state index in [1.165, 1.54) is 6.20 Å². The van der Waals surface area contributed by atoms with E-state index < -0.39 is 0 Å². The van der Waals surface area contributed by atoms with Crippen LogP contribution in [-0.4, -0.2) is 9.97 Å². The predicted molar refractivity (Wildman–Crippen MR) is 72.1 cm³/mol. The van der Waals surface area contributed by atoms with Crippen molar-refractivity contribution in [3.8, 4) is 6.07 Å². The molecule has 18 heavy (non-hydrogen) atoms. The average molecular weight is 259 g/mol. The lowest BCUT2D eigenvalue weighted by Gasteiger charge is -2.16. The van der Waals surface area contributed by atoms with Gasteiger partial charge in [0.15, 0.2) is 0 Å². The lowest BCUT2D eigenvalue weighted by atomic mass is 10.2. The van der Waals surface area contributed by atoms with E-state index in [-0.39, 0.29) is 6.04 Å². The van der Waals surface area contributed by atoms with Gasteiger partial charge in [0, 0.05) is 17.8 Å². The van der Waals surface area contributed by atoms with Crippen molar-refractivity contribution < 1.29 is 0 Å². The van der Waals surface area contributed by atoms with Crippen molar-refractivity contribution in [2.75, 3.05) is 11.1 Å². The minimum absolute atomic E-state index is 0.0905. The molecule has 0 radical (unpaired) electrons. The number of thiazole rings is 1. The third-order valence-corrected chi connectivity index (χ3v) is 3.40. The number of nitrogen functional groups attached to an aromatic ring is 1. The molecule has 3 N–H and O–H groups in total. The summed E-state index contributed by atoms with van der Waals surface area (Å²) in [5.41, 5.74) is 6.79. The van der Waals surface area contributed by atoms with Crippen LogP contribution in [0, 0.1) is 11.3 Å². The third-order valence-electron chi connectivity index (χ3n) is 2.51. The van der Waals surface area contributed by atoms with Gasteiger partial charge in [0.05, 0.1) is 17.3 Å². The third kappa shape index (κ3) is 2.57. The minimum Gasteiger partial charge on any atom is -0.396 e. The van der Waals surface area contributed by atoms with Gasteiger partial charge in [-0.05, 0) is 12.5 Å². The molecule has 0 aliphatic heterocycles. The first-order chi connectivity index (χ1) is 8.74. The van der Waals surface area contributed by atoms with Crippen LogP contribution in [0.1, 0.15) is 30.0 Å². The second kappa shape index (κ2) is 5.47. The summed E-state index contributed by atoms with van der Waals surface area (Å²) < 4.78 is 0. The number of nitrogens with zero attached hydrogens (tertiary/aromatic N) is 3. The maximum Gasteiger partial charge on any atom is 0.149 e. The van der Waals surface area contributed by atoms with Crippen molar-refractivity contribution in [2.45, 2.75) is 19.4 Å². The highest BCUT2D eigenvalue weighted by atomic mass is 32.1. The lowest BCUT2D eigenvalue weighted by molar-refractivity contribution is 0.738. The molecule has 0 amide bonds. The number of pyridine rings is 1. The Hall–Kier alpha value is -2.13.